The largest absolute Gasteiger partial charge is 0.320 e. The minimum absolute atomic E-state index is 0.0412. The van der Waals surface area contributed by atoms with E-state index in [0.717, 1.165) is 56.8 Å². The van der Waals surface area contributed by atoms with Crippen molar-refractivity contribution in [2.45, 2.75) is 58.4 Å². The molecule has 1 fully saturated rings. The fraction of sp³-hybridized carbons (Fsp3) is 0.538. The molecule has 0 spiro atoms. The highest BCUT2D eigenvalue weighted by atomic mass is 16.2. The summed E-state index contributed by atoms with van der Waals surface area (Å²) in [4.78, 5) is 33.4. The van der Waals surface area contributed by atoms with Crippen LogP contribution in [-0.2, 0) is 9.59 Å². The zero-order valence-corrected chi connectivity index (χ0v) is 19.5. The number of hydrogen-bond donors (Lipinski definition) is 1. The number of para-hydroxylation sites is 2. The maximum Gasteiger partial charge on any atom is 0.253 e. The van der Waals surface area contributed by atoms with Crippen LogP contribution in [0.25, 0.3) is 0 Å². The molecule has 2 heterocycles. The first-order valence-electron chi connectivity index (χ1n) is 12.2. The molecule has 6 heteroatoms. The van der Waals surface area contributed by atoms with Gasteiger partial charge in [0.1, 0.15) is 0 Å². The first-order valence-corrected chi connectivity index (χ1v) is 12.2. The number of nitrogens with zero attached hydrogens (tertiary/aromatic N) is 3. The van der Waals surface area contributed by atoms with E-state index in [1.165, 1.54) is 12.8 Å². The number of allylic oxidation sites excluding steroid dienone is 2. The van der Waals surface area contributed by atoms with Gasteiger partial charge in [0.15, 0.2) is 0 Å². The number of carbonyl (C=O) groups is 2. The Morgan fingerprint density at radius 1 is 1.16 bits per heavy atom. The summed E-state index contributed by atoms with van der Waals surface area (Å²) in [6, 6.07) is 8.03. The van der Waals surface area contributed by atoms with Gasteiger partial charge in [0.25, 0.3) is 5.91 Å². The Hall–Kier alpha value is -2.44. The van der Waals surface area contributed by atoms with E-state index in [4.69, 9.17) is 0 Å². The van der Waals surface area contributed by atoms with E-state index in [1.54, 1.807) is 4.90 Å². The van der Waals surface area contributed by atoms with Crippen LogP contribution in [0.5, 0.6) is 0 Å². The van der Waals surface area contributed by atoms with Crippen LogP contribution in [-0.4, -0.2) is 60.4 Å². The van der Waals surface area contributed by atoms with Crippen molar-refractivity contribution in [1.29, 1.82) is 0 Å². The van der Waals surface area contributed by atoms with E-state index in [1.807, 2.05) is 30.3 Å². The number of nitrogens with one attached hydrogen (secondary N) is 1. The first kappa shape index (κ1) is 22.7. The van der Waals surface area contributed by atoms with Gasteiger partial charge >= 0.3 is 0 Å². The number of benzene rings is 1. The molecule has 1 aromatic rings. The zero-order valence-electron chi connectivity index (χ0n) is 19.5. The van der Waals surface area contributed by atoms with E-state index < -0.39 is 0 Å². The second-order valence-electron chi connectivity index (χ2n) is 8.96. The van der Waals surface area contributed by atoms with Crippen LogP contribution in [0.4, 0.5) is 11.4 Å². The van der Waals surface area contributed by atoms with Crippen molar-refractivity contribution in [3.63, 3.8) is 0 Å². The molecule has 1 N–H and O–H groups in total. The average molecular weight is 437 g/mol. The minimum atomic E-state index is -0.0960. The fourth-order valence-corrected chi connectivity index (χ4v) is 5.14. The number of rotatable bonds is 6. The third-order valence-electron chi connectivity index (χ3n) is 7.00. The topological polar surface area (TPSA) is 55.9 Å². The molecular formula is C26H36N4O2. The van der Waals surface area contributed by atoms with Gasteiger partial charge in [-0.05, 0) is 63.5 Å². The maximum atomic E-state index is 13.9. The van der Waals surface area contributed by atoms with Crippen LogP contribution in [0, 0.1) is 0 Å². The molecule has 1 aromatic carbocycles. The Morgan fingerprint density at radius 2 is 1.97 bits per heavy atom. The molecule has 0 radical (unpaired) electrons. The summed E-state index contributed by atoms with van der Waals surface area (Å²) in [6.45, 7) is 8.80. The summed E-state index contributed by atoms with van der Waals surface area (Å²) in [5.74, 6) is -0.0549. The Balaban J connectivity index is 1.64. The van der Waals surface area contributed by atoms with E-state index >= 15 is 0 Å². The van der Waals surface area contributed by atoms with Crippen molar-refractivity contribution < 1.29 is 9.59 Å². The second kappa shape index (κ2) is 10.5. The highest BCUT2D eigenvalue weighted by Gasteiger charge is 2.33. The number of amides is 2. The number of likely N-dealkylation sites (tertiary alicyclic amines) is 1. The van der Waals surface area contributed by atoms with Crippen molar-refractivity contribution >= 4 is 23.2 Å². The lowest BCUT2D eigenvalue weighted by Crippen LogP contribution is -2.48. The average Bonchev–Trinajstić information content (AvgIpc) is 3.10. The van der Waals surface area contributed by atoms with Gasteiger partial charge in [-0.2, -0.15) is 0 Å². The van der Waals surface area contributed by atoms with Crippen LogP contribution >= 0.6 is 0 Å². The second-order valence-corrected chi connectivity index (χ2v) is 8.96. The summed E-state index contributed by atoms with van der Waals surface area (Å²) < 4.78 is 0. The van der Waals surface area contributed by atoms with Crippen LogP contribution in [0.3, 0.4) is 0 Å². The van der Waals surface area contributed by atoms with Crippen molar-refractivity contribution in [2.24, 2.45) is 0 Å². The summed E-state index contributed by atoms with van der Waals surface area (Å²) in [7, 11) is 0. The molecule has 172 valence electrons. The highest BCUT2D eigenvalue weighted by Crippen LogP contribution is 2.36. The normalized spacial score (nSPS) is 21.7. The molecule has 1 saturated heterocycles. The van der Waals surface area contributed by atoms with Gasteiger partial charge < -0.3 is 10.2 Å². The molecule has 2 amide bonds. The highest BCUT2D eigenvalue weighted by molar-refractivity contribution is 6.13. The Morgan fingerprint density at radius 3 is 2.78 bits per heavy atom. The molecule has 1 unspecified atom stereocenters. The van der Waals surface area contributed by atoms with Gasteiger partial charge in [-0.3, -0.25) is 19.4 Å². The molecule has 0 aromatic heterocycles. The molecular weight excluding hydrogens is 400 g/mol. The maximum absolute atomic E-state index is 13.9. The van der Waals surface area contributed by atoms with E-state index in [9.17, 15) is 9.59 Å². The van der Waals surface area contributed by atoms with Gasteiger partial charge in [-0.25, -0.2) is 0 Å². The smallest absolute Gasteiger partial charge is 0.253 e. The fourth-order valence-electron chi connectivity index (χ4n) is 5.14. The van der Waals surface area contributed by atoms with Crippen LogP contribution in [0.2, 0.25) is 0 Å². The summed E-state index contributed by atoms with van der Waals surface area (Å²) in [5, 5.41) is 3.03. The number of anilines is 2. The van der Waals surface area contributed by atoms with E-state index in [2.05, 4.69) is 35.0 Å². The predicted molar refractivity (Wildman–Crippen MR) is 130 cm³/mol. The lowest BCUT2D eigenvalue weighted by atomic mass is 10.0. The molecule has 32 heavy (non-hydrogen) atoms. The quantitative estimate of drug-likeness (QED) is 0.728. The van der Waals surface area contributed by atoms with Gasteiger partial charge in [-0.15, -0.1) is 0 Å². The Bertz CT molecular complexity index is 903. The van der Waals surface area contributed by atoms with Crippen molar-refractivity contribution in [2.75, 3.05) is 42.9 Å². The zero-order chi connectivity index (χ0) is 22.5. The molecule has 6 nitrogen and oxygen atoms in total. The first-order chi connectivity index (χ1) is 15.6. The molecule has 0 saturated carbocycles. The number of hydrogen-bond acceptors (Lipinski definition) is 4. The summed E-state index contributed by atoms with van der Waals surface area (Å²) in [5.41, 5.74) is 2.90. The lowest BCUT2D eigenvalue weighted by Gasteiger charge is -2.35. The molecule has 3 aliphatic rings. The third kappa shape index (κ3) is 4.81. The monoisotopic (exact) mass is 436 g/mol. The number of fused-ring (bicyclic) bond motifs is 1. The molecule has 1 atom stereocenters. The van der Waals surface area contributed by atoms with E-state index in [-0.39, 0.29) is 11.8 Å². The molecule has 4 rings (SSSR count). The van der Waals surface area contributed by atoms with Crippen LogP contribution in [0.15, 0.2) is 47.7 Å². The van der Waals surface area contributed by atoms with Gasteiger partial charge in [-0.1, -0.05) is 44.9 Å². The Labute approximate surface area is 191 Å². The minimum Gasteiger partial charge on any atom is -0.320 e. The van der Waals surface area contributed by atoms with Gasteiger partial charge in [0.2, 0.25) is 5.91 Å². The predicted octanol–water partition coefficient (Wildman–Crippen LogP) is 4.16. The van der Waals surface area contributed by atoms with Crippen LogP contribution < -0.4 is 10.2 Å². The van der Waals surface area contributed by atoms with Crippen molar-refractivity contribution in [3.05, 3.63) is 47.7 Å². The lowest BCUT2D eigenvalue weighted by molar-refractivity contribution is -0.119. The van der Waals surface area contributed by atoms with Gasteiger partial charge in [0, 0.05) is 18.2 Å². The van der Waals surface area contributed by atoms with E-state index in [0.29, 0.717) is 30.3 Å². The SMILES string of the molecule is CCN(CC)CC1CCCCCN1CC(=O)N1C2=C(CCC=C2)C(=O)Nc2ccccc21. The number of carbonyl (C=O) groups excluding carboxylic acids is 2. The standard InChI is InChI=1S/C26H36N4O2/c1-3-28(4-2)18-20-12-6-5-11-17-29(20)19-25(31)30-23-15-9-7-13-21(23)26(32)27-22-14-8-10-16-24(22)30/h8-10,14-16,20H,3-7,11-13,17-19H2,1-2H3,(H,27,32). The van der Waals surface area contributed by atoms with Gasteiger partial charge in [0.05, 0.1) is 23.6 Å². The molecule has 0 bridgehead atoms. The number of likely N-dealkylation sites (N-methyl/N-ethyl adjacent to an activating group) is 1. The molecule has 1 aliphatic carbocycles. The van der Waals surface area contributed by atoms with Crippen molar-refractivity contribution in [1.82, 2.24) is 9.80 Å². The summed E-state index contributed by atoms with van der Waals surface area (Å²) >= 11 is 0. The summed E-state index contributed by atoms with van der Waals surface area (Å²) in [6.07, 6.45) is 10.2. The molecule has 2 aliphatic heterocycles. The third-order valence-corrected chi connectivity index (χ3v) is 7.00. The Kier molecular flexibility index (Phi) is 7.43. The van der Waals surface area contributed by atoms with Crippen molar-refractivity contribution in [3.8, 4) is 0 Å². The van der Waals surface area contributed by atoms with Crippen LogP contribution in [0.1, 0.15) is 52.4 Å².